The molecule has 1 aliphatic heterocycles. The number of halogens is 2. The van der Waals surface area contributed by atoms with Gasteiger partial charge in [-0.05, 0) is 24.6 Å². The highest BCUT2D eigenvalue weighted by atomic mass is 19.1. The van der Waals surface area contributed by atoms with Gasteiger partial charge < -0.3 is 14.7 Å². The third kappa shape index (κ3) is 3.54. The highest BCUT2D eigenvalue weighted by Gasteiger charge is 2.22. The van der Waals surface area contributed by atoms with E-state index >= 15 is 0 Å². The third-order valence-corrected chi connectivity index (χ3v) is 3.93. The monoisotopic (exact) mass is 333 g/mol. The molecule has 0 saturated carbocycles. The van der Waals surface area contributed by atoms with Crippen LogP contribution in [0.4, 0.5) is 14.5 Å². The number of carbonyl (C=O) groups excluding carboxylic acids is 1. The number of aliphatic hydroxyl groups is 1. The standard InChI is InChI=1S/C18H17F2NO3/c19-12-6-7-15(16(20)9-12)17(22)11-24-14-4-1-3-13(10-14)21-8-2-5-18(21)23/h1,3-4,6-7,9-10,17,22H,2,5,8,11H2. The highest BCUT2D eigenvalue weighted by molar-refractivity contribution is 5.95. The number of anilines is 1. The summed E-state index contributed by atoms with van der Waals surface area (Å²) in [7, 11) is 0. The fourth-order valence-electron chi connectivity index (χ4n) is 2.70. The van der Waals surface area contributed by atoms with Gasteiger partial charge in [0.1, 0.15) is 30.1 Å². The number of nitrogens with zero attached hydrogens (tertiary/aromatic N) is 1. The van der Waals surface area contributed by atoms with Crippen LogP contribution in [0.1, 0.15) is 24.5 Å². The molecule has 1 atom stereocenters. The Hall–Kier alpha value is -2.47. The normalized spacial score (nSPS) is 15.6. The fourth-order valence-corrected chi connectivity index (χ4v) is 2.70. The second-order valence-corrected chi connectivity index (χ2v) is 5.64. The summed E-state index contributed by atoms with van der Waals surface area (Å²) in [6.45, 7) is 0.492. The van der Waals surface area contributed by atoms with Crippen molar-refractivity contribution in [2.45, 2.75) is 18.9 Å². The molecule has 2 aromatic rings. The van der Waals surface area contributed by atoms with Crippen LogP contribution >= 0.6 is 0 Å². The molecule has 1 fully saturated rings. The summed E-state index contributed by atoms with van der Waals surface area (Å²) >= 11 is 0. The molecule has 0 aromatic heterocycles. The van der Waals surface area contributed by atoms with Crippen molar-refractivity contribution in [1.29, 1.82) is 0 Å². The van der Waals surface area contributed by atoms with Crippen LogP contribution in [0.5, 0.6) is 5.75 Å². The largest absolute Gasteiger partial charge is 0.490 e. The second-order valence-electron chi connectivity index (χ2n) is 5.64. The van der Waals surface area contributed by atoms with Crippen LogP contribution in [-0.2, 0) is 4.79 Å². The van der Waals surface area contributed by atoms with E-state index in [1.54, 1.807) is 23.1 Å². The molecule has 126 valence electrons. The van der Waals surface area contributed by atoms with Gasteiger partial charge in [0.05, 0.1) is 0 Å². The van der Waals surface area contributed by atoms with Crippen LogP contribution in [0.2, 0.25) is 0 Å². The van der Waals surface area contributed by atoms with Gasteiger partial charge in [-0.1, -0.05) is 12.1 Å². The van der Waals surface area contributed by atoms with Crippen LogP contribution in [0.3, 0.4) is 0 Å². The lowest BCUT2D eigenvalue weighted by atomic mass is 10.1. The Morgan fingerprint density at radius 3 is 2.75 bits per heavy atom. The fraction of sp³-hybridized carbons (Fsp3) is 0.278. The summed E-state index contributed by atoms with van der Waals surface area (Å²) < 4.78 is 32.0. The van der Waals surface area contributed by atoms with E-state index in [4.69, 9.17) is 4.74 Å². The number of amides is 1. The molecule has 24 heavy (non-hydrogen) atoms. The number of aliphatic hydroxyl groups excluding tert-OH is 1. The average Bonchev–Trinajstić information content (AvgIpc) is 2.99. The van der Waals surface area contributed by atoms with Gasteiger partial charge in [-0.2, -0.15) is 0 Å². The topological polar surface area (TPSA) is 49.8 Å². The summed E-state index contributed by atoms with van der Waals surface area (Å²) in [5.41, 5.74) is 0.708. The molecule has 1 amide bonds. The minimum absolute atomic E-state index is 0.0257. The van der Waals surface area contributed by atoms with Crippen LogP contribution in [0.25, 0.3) is 0 Å². The van der Waals surface area contributed by atoms with Crippen LogP contribution in [0.15, 0.2) is 42.5 Å². The number of hydrogen-bond donors (Lipinski definition) is 1. The summed E-state index contributed by atoms with van der Waals surface area (Å²) in [6, 6.07) is 9.96. The van der Waals surface area contributed by atoms with Gasteiger partial charge in [0.25, 0.3) is 0 Å². The smallest absolute Gasteiger partial charge is 0.227 e. The zero-order valence-electron chi connectivity index (χ0n) is 12.9. The number of benzene rings is 2. The average molecular weight is 333 g/mol. The molecule has 1 aliphatic rings. The van der Waals surface area contributed by atoms with Gasteiger partial charge in [0, 0.05) is 36.3 Å². The number of ether oxygens (including phenoxy) is 1. The molecule has 1 unspecified atom stereocenters. The van der Waals surface area contributed by atoms with Crippen molar-refractivity contribution in [2.24, 2.45) is 0 Å². The maximum Gasteiger partial charge on any atom is 0.227 e. The summed E-state index contributed by atoms with van der Waals surface area (Å²) in [5.74, 6) is -0.982. The quantitative estimate of drug-likeness (QED) is 0.914. The maximum absolute atomic E-state index is 13.6. The van der Waals surface area contributed by atoms with E-state index in [0.717, 1.165) is 24.2 Å². The second kappa shape index (κ2) is 6.97. The zero-order chi connectivity index (χ0) is 17.1. The Kier molecular flexibility index (Phi) is 4.76. The number of rotatable bonds is 5. The van der Waals surface area contributed by atoms with Crippen molar-refractivity contribution in [3.63, 3.8) is 0 Å². The SMILES string of the molecule is O=C1CCCN1c1cccc(OCC(O)c2ccc(F)cc2F)c1. The van der Waals surface area contributed by atoms with E-state index < -0.39 is 17.7 Å². The van der Waals surface area contributed by atoms with Gasteiger partial charge in [-0.3, -0.25) is 4.79 Å². The van der Waals surface area contributed by atoms with Crippen molar-refractivity contribution in [2.75, 3.05) is 18.1 Å². The van der Waals surface area contributed by atoms with Gasteiger partial charge in [-0.25, -0.2) is 8.78 Å². The van der Waals surface area contributed by atoms with Crippen LogP contribution in [0, 0.1) is 11.6 Å². The Labute approximate surface area is 138 Å². The van der Waals surface area contributed by atoms with E-state index in [-0.39, 0.29) is 18.1 Å². The minimum atomic E-state index is -1.22. The Bertz CT molecular complexity index is 751. The van der Waals surface area contributed by atoms with Crippen molar-refractivity contribution in [3.05, 3.63) is 59.7 Å². The Morgan fingerprint density at radius 2 is 2.04 bits per heavy atom. The van der Waals surface area contributed by atoms with E-state index in [2.05, 4.69) is 0 Å². The lowest BCUT2D eigenvalue weighted by molar-refractivity contribution is -0.117. The molecule has 0 bridgehead atoms. The summed E-state index contributed by atoms with van der Waals surface area (Å²) in [5, 5.41) is 10.0. The van der Waals surface area contributed by atoms with E-state index in [0.29, 0.717) is 18.7 Å². The predicted molar refractivity (Wildman–Crippen MR) is 84.8 cm³/mol. The molecule has 0 spiro atoms. The molecule has 3 rings (SSSR count). The molecular weight excluding hydrogens is 316 g/mol. The third-order valence-electron chi connectivity index (χ3n) is 3.93. The first-order valence-electron chi connectivity index (χ1n) is 7.71. The number of hydrogen-bond acceptors (Lipinski definition) is 3. The van der Waals surface area contributed by atoms with E-state index in [9.17, 15) is 18.7 Å². The lowest BCUT2D eigenvalue weighted by Crippen LogP contribution is -2.23. The van der Waals surface area contributed by atoms with Crippen molar-refractivity contribution >= 4 is 11.6 Å². The molecule has 0 aliphatic carbocycles. The maximum atomic E-state index is 13.6. The van der Waals surface area contributed by atoms with Gasteiger partial charge in [0.15, 0.2) is 0 Å². The minimum Gasteiger partial charge on any atom is -0.490 e. The van der Waals surface area contributed by atoms with Crippen LogP contribution in [-0.4, -0.2) is 24.2 Å². The van der Waals surface area contributed by atoms with Gasteiger partial charge in [-0.15, -0.1) is 0 Å². The molecule has 2 aromatic carbocycles. The number of carbonyl (C=O) groups is 1. The first kappa shape index (κ1) is 16.4. The van der Waals surface area contributed by atoms with Gasteiger partial charge in [0.2, 0.25) is 5.91 Å². The first-order valence-corrected chi connectivity index (χ1v) is 7.71. The lowest BCUT2D eigenvalue weighted by Gasteiger charge is -2.18. The molecule has 1 heterocycles. The Balaban J connectivity index is 1.67. The summed E-state index contributed by atoms with van der Waals surface area (Å²) in [6.07, 6.45) is 0.141. The molecule has 0 radical (unpaired) electrons. The zero-order valence-corrected chi connectivity index (χ0v) is 12.9. The van der Waals surface area contributed by atoms with Crippen molar-refractivity contribution in [1.82, 2.24) is 0 Å². The van der Waals surface area contributed by atoms with Crippen molar-refractivity contribution in [3.8, 4) is 5.75 Å². The van der Waals surface area contributed by atoms with Gasteiger partial charge >= 0.3 is 0 Å². The Morgan fingerprint density at radius 1 is 1.21 bits per heavy atom. The molecule has 4 nitrogen and oxygen atoms in total. The molecule has 6 heteroatoms. The summed E-state index contributed by atoms with van der Waals surface area (Å²) in [4.78, 5) is 13.5. The molecule has 1 N–H and O–H groups in total. The highest BCUT2D eigenvalue weighted by Crippen LogP contribution is 2.26. The molecule has 1 saturated heterocycles. The van der Waals surface area contributed by atoms with Crippen LogP contribution < -0.4 is 9.64 Å². The van der Waals surface area contributed by atoms with E-state index in [1.165, 1.54) is 6.07 Å². The first-order chi connectivity index (χ1) is 11.5. The van der Waals surface area contributed by atoms with Crippen molar-refractivity contribution < 1.29 is 23.4 Å². The molecular formula is C18H17F2NO3. The predicted octanol–water partition coefficient (Wildman–Crippen LogP) is 3.20. The van der Waals surface area contributed by atoms with E-state index in [1.807, 2.05) is 6.07 Å².